The van der Waals surface area contributed by atoms with E-state index in [0.717, 1.165) is 10.1 Å². The molecule has 0 aliphatic rings. The van der Waals surface area contributed by atoms with Crippen LogP contribution in [0.1, 0.15) is 0 Å². The first-order chi connectivity index (χ1) is 5.29. The molecular formula is C7H7BrClN3. The number of nitrogens with two attached hydrogens (primary N) is 1. The van der Waals surface area contributed by atoms with Gasteiger partial charge in [0, 0.05) is 12.4 Å². The quantitative estimate of drug-likeness (QED) is 0.776. The molecule has 0 aliphatic heterocycles. The number of imidazole rings is 1. The first-order valence-corrected chi connectivity index (χ1v) is 3.95. The molecular weight excluding hydrogens is 241 g/mol. The molecule has 0 bridgehead atoms. The molecule has 0 fully saturated rings. The number of halogens is 2. The van der Waals surface area contributed by atoms with Crippen molar-refractivity contribution in [1.29, 1.82) is 0 Å². The third-order valence-corrected chi connectivity index (χ3v) is 2.15. The van der Waals surface area contributed by atoms with Crippen LogP contribution >= 0.6 is 28.3 Å². The van der Waals surface area contributed by atoms with Crippen LogP contribution in [0, 0.1) is 0 Å². The van der Waals surface area contributed by atoms with Crippen molar-refractivity contribution in [2.75, 3.05) is 5.73 Å². The fourth-order valence-corrected chi connectivity index (χ4v) is 1.43. The molecule has 0 unspecified atom stereocenters. The third kappa shape index (κ3) is 1.28. The monoisotopic (exact) mass is 247 g/mol. The van der Waals surface area contributed by atoms with E-state index >= 15 is 0 Å². The number of anilines is 1. The molecule has 2 rings (SSSR count). The minimum atomic E-state index is 0. The number of nitrogen functional groups attached to an aromatic ring is 1. The van der Waals surface area contributed by atoms with E-state index in [4.69, 9.17) is 5.73 Å². The van der Waals surface area contributed by atoms with Crippen LogP contribution in [-0.4, -0.2) is 9.38 Å². The van der Waals surface area contributed by atoms with Gasteiger partial charge in [-0.2, -0.15) is 0 Å². The second-order valence-electron chi connectivity index (χ2n) is 2.23. The van der Waals surface area contributed by atoms with E-state index in [0.29, 0.717) is 5.82 Å². The lowest BCUT2D eigenvalue weighted by atomic mass is 10.4. The molecule has 64 valence electrons. The molecule has 12 heavy (non-hydrogen) atoms. The Morgan fingerprint density at radius 3 is 2.83 bits per heavy atom. The van der Waals surface area contributed by atoms with Crippen LogP contribution in [0.4, 0.5) is 5.82 Å². The molecule has 0 spiro atoms. The Morgan fingerprint density at radius 2 is 2.17 bits per heavy atom. The van der Waals surface area contributed by atoms with Gasteiger partial charge in [-0.05, 0) is 28.1 Å². The van der Waals surface area contributed by atoms with Crippen molar-refractivity contribution < 1.29 is 0 Å². The molecule has 2 heterocycles. The van der Waals surface area contributed by atoms with Gasteiger partial charge in [0.15, 0.2) is 5.65 Å². The van der Waals surface area contributed by atoms with Crippen LogP contribution in [0.2, 0.25) is 0 Å². The fourth-order valence-electron chi connectivity index (χ4n) is 1.00. The lowest BCUT2D eigenvalue weighted by molar-refractivity contribution is 1.19. The standard InChI is InChI=1S/C7H6BrN3.ClH/c8-5-1-2-6(9)11-4-3-10-7(5)11;/h1-4H,9H2;1H. The highest BCUT2D eigenvalue weighted by atomic mass is 79.9. The van der Waals surface area contributed by atoms with E-state index in [1.807, 2.05) is 22.7 Å². The summed E-state index contributed by atoms with van der Waals surface area (Å²) in [6.07, 6.45) is 3.55. The molecule has 2 aromatic rings. The topological polar surface area (TPSA) is 43.3 Å². The van der Waals surface area contributed by atoms with Crippen molar-refractivity contribution >= 4 is 39.8 Å². The first kappa shape index (κ1) is 9.35. The molecule has 0 atom stereocenters. The zero-order valence-electron chi connectivity index (χ0n) is 6.07. The predicted molar refractivity (Wildman–Crippen MR) is 54.6 cm³/mol. The molecule has 5 heteroatoms. The Kier molecular flexibility index (Phi) is 2.59. The van der Waals surface area contributed by atoms with Gasteiger partial charge in [0.1, 0.15) is 5.82 Å². The Balaban J connectivity index is 0.000000720. The minimum absolute atomic E-state index is 0. The van der Waals surface area contributed by atoms with Gasteiger partial charge < -0.3 is 5.73 Å². The van der Waals surface area contributed by atoms with Crippen LogP contribution in [0.3, 0.4) is 0 Å². The predicted octanol–water partition coefficient (Wildman–Crippen LogP) is 2.10. The summed E-state index contributed by atoms with van der Waals surface area (Å²) in [5.74, 6) is 0.695. The smallest absolute Gasteiger partial charge is 0.152 e. The number of fused-ring (bicyclic) bond motifs is 1. The summed E-state index contributed by atoms with van der Waals surface area (Å²) in [5, 5.41) is 0. The van der Waals surface area contributed by atoms with Crippen LogP contribution in [-0.2, 0) is 0 Å². The van der Waals surface area contributed by atoms with Crippen molar-refractivity contribution in [2.24, 2.45) is 0 Å². The number of rotatable bonds is 0. The summed E-state index contributed by atoms with van der Waals surface area (Å²) < 4.78 is 2.78. The third-order valence-electron chi connectivity index (χ3n) is 1.53. The van der Waals surface area contributed by atoms with Crippen LogP contribution in [0.5, 0.6) is 0 Å². The summed E-state index contributed by atoms with van der Waals surface area (Å²) in [5.41, 5.74) is 6.52. The summed E-state index contributed by atoms with van der Waals surface area (Å²) in [6.45, 7) is 0. The zero-order valence-corrected chi connectivity index (χ0v) is 8.47. The molecule has 0 radical (unpaired) electrons. The second kappa shape index (κ2) is 3.33. The van der Waals surface area contributed by atoms with Crippen molar-refractivity contribution in [1.82, 2.24) is 9.38 Å². The molecule has 0 saturated heterocycles. The number of nitrogens with zero attached hydrogens (tertiary/aromatic N) is 2. The zero-order chi connectivity index (χ0) is 7.84. The van der Waals surface area contributed by atoms with Gasteiger partial charge in [-0.1, -0.05) is 0 Å². The summed E-state index contributed by atoms with van der Waals surface area (Å²) in [6, 6.07) is 3.72. The van der Waals surface area contributed by atoms with Crippen molar-refractivity contribution in [3.05, 3.63) is 29.0 Å². The molecule has 0 aliphatic carbocycles. The Hall–Kier alpha value is -0.740. The normalized spacial score (nSPS) is 9.75. The average molecular weight is 249 g/mol. The molecule has 2 N–H and O–H groups in total. The van der Waals surface area contributed by atoms with Gasteiger partial charge in [-0.3, -0.25) is 4.40 Å². The molecule has 0 saturated carbocycles. The van der Waals surface area contributed by atoms with Gasteiger partial charge in [0.2, 0.25) is 0 Å². The number of hydrogen-bond donors (Lipinski definition) is 1. The van der Waals surface area contributed by atoms with E-state index in [1.54, 1.807) is 6.20 Å². The minimum Gasteiger partial charge on any atom is -0.385 e. The second-order valence-corrected chi connectivity index (χ2v) is 3.08. The lowest BCUT2D eigenvalue weighted by Crippen LogP contribution is -1.94. The molecule has 0 aromatic carbocycles. The maximum absolute atomic E-state index is 5.67. The molecule has 3 nitrogen and oxygen atoms in total. The number of aromatic nitrogens is 2. The van der Waals surface area contributed by atoms with E-state index in [-0.39, 0.29) is 12.4 Å². The highest BCUT2D eigenvalue weighted by molar-refractivity contribution is 9.10. The van der Waals surface area contributed by atoms with Crippen molar-refractivity contribution in [3.8, 4) is 0 Å². The van der Waals surface area contributed by atoms with Gasteiger partial charge in [-0.15, -0.1) is 12.4 Å². The summed E-state index contributed by atoms with van der Waals surface area (Å²) in [7, 11) is 0. The highest BCUT2D eigenvalue weighted by Gasteiger charge is 2.00. The van der Waals surface area contributed by atoms with Crippen LogP contribution in [0.15, 0.2) is 29.0 Å². The van der Waals surface area contributed by atoms with E-state index in [1.165, 1.54) is 0 Å². The number of hydrogen-bond acceptors (Lipinski definition) is 2. The number of pyridine rings is 1. The van der Waals surface area contributed by atoms with Crippen molar-refractivity contribution in [2.45, 2.75) is 0 Å². The van der Waals surface area contributed by atoms with Crippen LogP contribution in [0.25, 0.3) is 5.65 Å². The van der Waals surface area contributed by atoms with Crippen LogP contribution < -0.4 is 5.73 Å². The Labute approximate surface area is 84.1 Å². The van der Waals surface area contributed by atoms with Gasteiger partial charge >= 0.3 is 0 Å². The fraction of sp³-hybridized carbons (Fsp3) is 0. The average Bonchev–Trinajstić information content (AvgIpc) is 2.45. The van der Waals surface area contributed by atoms with E-state index < -0.39 is 0 Å². The largest absolute Gasteiger partial charge is 0.385 e. The maximum atomic E-state index is 5.67. The van der Waals surface area contributed by atoms with Gasteiger partial charge in [0.25, 0.3) is 0 Å². The molecule has 0 amide bonds. The summed E-state index contributed by atoms with van der Waals surface area (Å²) in [4.78, 5) is 4.12. The maximum Gasteiger partial charge on any atom is 0.152 e. The highest BCUT2D eigenvalue weighted by Crippen LogP contribution is 2.18. The first-order valence-electron chi connectivity index (χ1n) is 3.16. The Bertz CT molecular complexity index is 362. The van der Waals surface area contributed by atoms with Crippen molar-refractivity contribution in [3.63, 3.8) is 0 Å². The van der Waals surface area contributed by atoms with E-state index in [2.05, 4.69) is 20.9 Å². The molecule has 2 aromatic heterocycles. The Morgan fingerprint density at radius 1 is 1.42 bits per heavy atom. The SMILES string of the molecule is Cl.Nc1ccc(Br)c2nccn12. The van der Waals surface area contributed by atoms with E-state index in [9.17, 15) is 0 Å². The lowest BCUT2D eigenvalue weighted by Gasteiger charge is -1.99. The van der Waals surface area contributed by atoms with Gasteiger partial charge in [0.05, 0.1) is 4.47 Å². The van der Waals surface area contributed by atoms with Gasteiger partial charge in [-0.25, -0.2) is 4.98 Å². The summed E-state index contributed by atoms with van der Waals surface area (Å²) >= 11 is 3.37.